The summed E-state index contributed by atoms with van der Waals surface area (Å²) in [5, 5.41) is 10.5. The van der Waals surface area contributed by atoms with E-state index in [-0.39, 0.29) is 13.0 Å². The van der Waals surface area contributed by atoms with Crippen molar-refractivity contribution in [3.05, 3.63) is 96.1 Å². The average Bonchev–Trinajstić information content (AvgIpc) is 3.14. The smallest absolute Gasteiger partial charge is 0.417 e. The van der Waals surface area contributed by atoms with Gasteiger partial charge in [-0.2, -0.15) is 0 Å². The van der Waals surface area contributed by atoms with E-state index in [9.17, 15) is 14.7 Å². The third-order valence-electron chi connectivity index (χ3n) is 5.29. The van der Waals surface area contributed by atoms with Crippen LogP contribution >= 0.6 is 0 Å². The molecule has 4 rings (SSSR count). The van der Waals surface area contributed by atoms with E-state index in [2.05, 4.69) is 0 Å². The van der Waals surface area contributed by atoms with Crippen molar-refractivity contribution in [2.24, 2.45) is 0 Å². The zero-order valence-electron chi connectivity index (χ0n) is 16.5. The van der Waals surface area contributed by atoms with Crippen molar-refractivity contribution in [3.8, 4) is 11.1 Å². The van der Waals surface area contributed by atoms with Gasteiger partial charge in [0.15, 0.2) is 0 Å². The number of nitrogens with zero attached hydrogens (tertiary/aromatic N) is 1. The quantitative estimate of drug-likeness (QED) is 0.681. The number of aliphatic hydroxyl groups excluding tert-OH is 1. The number of carbonyl (C=O) groups is 2. The summed E-state index contributed by atoms with van der Waals surface area (Å²) in [5.74, 6) is -0.620. The number of ether oxygens (including phenoxy) is 1. The lowest BCUT2D eigenvalue weighted by Gasteiger charge is -2.22. The van der Waals surface area contributed by atoms with Gasteiger partial charge in [-0.3, -0.25) is 4.79 Å². The Morgan fingerprint density at radius 3 is 2.17 bits per heavy atom. The van der Waals surface area contributed by atoms with Crippen molar-refractivity contribution in [2.75, 3.05) is 6.61 Å². The fraction of sp³-hybridized carbons (Fsp3) is 0.200. The minimum atomic E-state index is -1.31. The van der Waals surface area contributed by atoms with E-state index in [1.807, 2.05) is 84.9 Å². The van der Waals surface area contributed by atoms with Crippen LogP contribution in [0.5, 0.6) is 0 Å². The normalized spacial score (nSPS) is 16.9. The Morgan fingerprint density at radius 1 is 0.900 bits per heavy atom. The van der Waals surface area contributed by atoms with Crippen molar-refractivity contribution in [3.63, 3.8) is 0 Å². The van der Waals surface area contributed by atoms with E-state index in [4.69, 9.17) is 4.74 Å². The van der Waals surface area contributed by atoms with Crippen LogP contribution < -0.4 is 0 Å². The molecule has 5 nitrogen and oxygen atoms in total. The predicted octanol–water partition coefficient (Wildman–Crippen LogP) is 3.85. The maximum absolute atomic E-state index is 12.8. The molecule has 5 heteroatoms. The predicted molar refractivity (Wildman–Crippen MR) is 114 cm³/mol. The van der Waals surface area contributed by atoms with E-state index in [0.717, 1.165) is 27.2 Å². The highest BCUT2D eigenvalue weighted by molar-refractivity contribution is 5.96. The van der Waals surface area contributed by atoms with Crippen LogP contribution in [0.1, 0.15) is 11.1 Å². The molecule has 152 valence electrons. The molecule has 3 aromatic carbocycles. The summed E-state index contributed by atoms with van der Waals surface area (Å²) < 4.78 is 5.09. The van der Waals surface area contributed by atoms with Crippen molar-refractivity contribution in [2.45, 2.75) is 25.0 Å². The lowest BCUT2D eigenvalue weighted by Crippen LogP contribution is -2.46. The maximum Gasteiger partial charge on any atom is 0.417 e. The molecule has 0 aromatic heterocycles. The zero-order valence-corrected chi connectivity index (χ0v) is 16.5. The fourth-order valence-electron chi connectivity index (χ4n) is 3.70. The van der Waals surface area contributed by atoms with Gasteiger partial charge in [-0.15, -0.1) is 0 Å². The number of carbonyl (C=O) groups excluding carboxylic acids is 2. The standard InChI is InChI=1S/C25H23NO4/c27-23(16-19-11-13-21(14-12-19)20-9-5-2-6-10-20)24(28)26-22(17-30-25(26)29)15-18-7-3-1-4-8-18/h1-14,22-23,27H,15-17H2/t22-,23?/m0/s1. The van der Waals surface area contributed by atoms with Gasteiger partial charge in [-0.05, 0) is 28.7 Å². The molecule has 1 aliphatic rings. The lowest BCUT2D eigenvalue weighted by atomic mass is 10.0. The number of imide groups is 1. The van der Waals surface area contributed by atoms with E-state index in [1.54, 1.807) is 0 Å². The number of cyclic esters (lactones) is 1. The molecule has 2 atom stereocenters. The lowest BCUT2D eigenvalue weighted by molar-refractivity contribution is -0.137. The summed E-state index contributed by atoms with van der Waals surface area (Å²) >= 11 is 0. The average molecular weight is 401 g/mol. The first kappa shape index (κ1) is 19.9. The Hall–Kier alpha value is -3.44. The molecule has 0 spiro atoms. The second-order valence-electron chi connectivity index (χ2n) is 7.41. The first-order valence-electron chi connectivity index (χ1n) is 9.98. The van der Waals surface area contributed by atoms with Crippen LogP contribution in [0.25, 0.3) is 11.1 Å². The molecular formula is C25H23NO4. The van der Waals surface area contributed by atoms with Gasteiger partial charge in [-0.1, -0.05) is 84.9 Å². The molecule has 1 N–H and O–H groups in total. The van der Waals surface area contributed by atoms with Crippen LogP contribution in [0.4, 0.5) is 4.79 Å². The molecule has 1 heterocycles. The highest BCUT2D eigenvalue weighted by Gasteiger charge is 2.40. The highest BCUT2D eigenvalue weighted by Crippen LogP contribution is 2.22. The van der Waals surface area contributed by atoms with Crippen LogP contribution in [-0.4, -0.2) is 40.8 Å². The summed E-state index contributed by atoms with van der Waals surface area (Å²) in [4.78, 5) is 26.0. The van der Waals surface area contributed by atoms with E-state index >= 15 is 0 Å². The SMILES string of the molecule is O=C1OC[C@H](Cc2ccccc2)N1C(=O)C(O)Cc1ccc(-c2ccccc2)cc1. The van der Waals surface area contributed by atoms with Crippen molar-refractivity contribution in [1.82, 2.24) is 4.90 Å². The third-order valence-corrected chi connectivity index (χ3v) is 5.29. The Balaban J connectivity index is 1.42. The highest BCUT2D eigenvalue weighted by atomic mass is 16.6. The second-order valence-corrected chi connectivity index (χ2v) is 7.41. The van der Waals surface area contributed by atoms with Crippen LogP contribution in [0.15, 0.2) is 84.9 Å². The number of benzene rings is 3. The Morgan fingerprint density at radius 2 is 1.50 bits per heavy atom. The van der Waals surface area contributed by atoms with E-state index in [0.29, 0.717) is 6.42 Å². The van der Waals surface area contributed by atoms with Crippen LogP contribution in [0, 0.1) is 0 Å². The summed E-state index contributed by atoms with van der Waals surface area (Å²) in [6.45, 7) is 0.137. The molecule has 1 saturated heterocycles. The summed E-state index contributed by atoms with van der Waals surface area (Å²) in [6, 6.07) is 26.9. The van der Waals surface area contributed by atoms with Crippen molar-refractivity contribution in [1.29, 1.82) is 0 Å². The summed E-state index contributed by atoms with van der Waals surface area (Å²) in [6.07, 6.45) is -1.37. The molecule has 0 saturated carbocycles. The molecule has 1 aliphatic heterocycles. The number of amides is 2. The van der Waals surface area contributed by atoms with E-state index in [1.165, 1.54) is 0 Å². The maximum atomic E-state index is 12.8. The number of hydrogen-bond donors (Lipinski definition) is 1. The van der Waals surface area contributed by atoms with Gasteiger partial charge >= 0.3 is 6.09 Å². The largest absolute Gasteiger partial charge is 0.447 e. The van der Waals surface area contributed by atoms with Gasteiger partial charge in [-0.25, -0.2) is 9.69 Å². The topological polar surface area (TPSA) is 66.8 Å². The minimum Gasteiger partial charge on any atom is -0.447 e. The van der Waals surface area contributed by atoms with Crippen LogP contribution in [-0.2, 0) is 22.4 Å². The van der Waals surface area contributed by atoms with Crippen LogP contribution in [0.3, 0.4) is 0 Å². The third kappa shape index (κ3) is 4.42. The molecule has 2 amide bonds. The monoisotopic (exact) mass is 401 g/mol. The fourth-order valence-corrected chi connectivity index (χ4v) is 3.70. The second kappa shape index (κ2) is 8.93. The molecule has 1 fully saturated rings. The number of rotatable bonds is 6. The molecule has 0 aliphatic carbocycles. The van der Waals surface area contributed by atoms with Crippen LogP contribution in [0.2, 0.25) is 0 Å². The number of aliphatic hydroxyl groups is 1. The van der Waals surface area contributed by atoms with Gasteiger partial charge in [0.2, 0.25) is 0 Å². The summed E-state index contributed by atoms with van der Waals surface area (Å²) in [7, 11) is 0. The molecule has 30 heavy (non-hydrogen) atoms. The molecule has 1 unspecified atom stereocenters. The van der Waals surface area contributed by atoms with Gasteiger partial charge in [0.1, 0.15) is 12.7 Å². The molecule has 0 bridgehead atoms. The Bertz CT molecular complexity index is 1000. The first-order valence-corrected chi connectivity index (χ1v) is 9.98. The van der Waals surface area contributed by atoms with Crippen molar-refractivity contribution >= 4 is 12.0 Å². The zero-order chi connectivity index (χ0) is 20.9. The Kier molecular flexibility index (Phi) is 5.91. The molecule has 0 radical (unpaired) electrons. The van der Waals surface area contributed by atoms with Crippen molar-refractivity contribution < 1.29 is 19.4 Å². The molecular weight excluding hydrogens is 378 g/mol. The van der Waals surface area contributed by atoms with Gasteiger partial charge in [0.05, 0.1) is 6.04 Å². The number of hydrogen-bond acceptors (Lipinski definition) is 4. The molecule has 3 aromatic rings. The van der Waals surface area contributed by atoms with Gasteiger partial charge < -0.3 is 9.84 Å². The summed E-state index contributed by atoms with van der Waals surface area (Å²) in [5.41, 5.74) is 3.99. The minimum absolute atomic E-state index is 0.135. The Labute approximate surface area is 175 Å². The van der Waals surface area contributed by atoms with Gasteiger partial charge in [0.25, 0.3) is 5.91 Å². The van der Waals surface area contributed by atoms with Gasteiger partial charge in [0, 0.05) is 6.42 Å². The first-order chi connectivity index (χ1) is 14.6. The van der Waals surface area contributed by atoms with E-state index < -0.39 is 24.1 Å².